The molecule has 0 saturated heterocycles. The largest absolute Gasteiger partial charge is 0.342 e. The summed E-state index contributed by atoms with van der Waals surface area (Å²) >= 11 is 0. The van der Waals surface area contributed by atoms with E-state index < -0.39 is 15.1 Å². The Balaban J connectivity index is 2.69. The van der Waals surface area contributed by atoms with E-state index in [0.29, 0.717) is 0 Å². The molecule has 0 aromatic carbocycles. The van der Waals surface area contributed by atoms with Crippen LogP contribution in [0.25, 0.3) is 0 Å². The van der Waals surface area contributed by atoms with Crippen molar-refractivity contribution in [2.45, 2.75) is 57.2 Å². The van der Waals surface area contributed by atoms with E-state index in [1.807, 2.05) is 0 Å². The Morgan fingerprint density at radius 3 is 2.42 bits per heavy atom. The number of sulfone groups is 1. The van der Waals surface area contributed by atoms with E-state index in [4.69, 9.17) is 0 Å². The Hall–Kier alpha value is -0.840. The smallest absolute Gasteiger partial charge is 0.240 e. The molecule has 1 saturated carbocycles. The van der Waals surface area contributed by atoms with Crippen molar-refractivity contribution in [3.8, 4) is 0 Å². The lowest BCUT2D eigenvalue weighted by Gasteiger charge is -2.32. The first kappa shape index (κ1) is 16.2. The molecule has 5 heteroatoms. The Morgan fingerprint density at radius 2 is 1.89 bits per heavy atom. The first-order valence-corrected chi connectivity index (χ1v) is 8.71. The summed E-state index contributed by atoms with van der Waals surface area (Å²) in [5, 5.41) is -0.948. The van der Waals surface area contributed by atoms with Crippen LogP contribution in [-0.2, 0) is 14.6 Å². The molecule has 4 nitrogen and oxygen atoms in total. The van der Waals surface area contributed by atoms with E-state index >= 15 is 0 Å². The maximum Gasteiger partial charge on any atom is 0.240 e. The molecule has 1 amide bonds. The van der Waals surface area contributed by atoms with Crippen molar-refractivity contribution in [3.63, 3.8) is 0 Å². The molecule has 0 bridgehead atoms. The van der Waals surface area contributed by atoms with E-state index in [9.17, 15) is 13.2 Å². The molecule has 0 heterocycles. The van der Waals surface area contributed by atoms with Gasteiger partial charge in [0, 0.05) is 13.1 Å². The third-order valence-corrected chi connectivity index (χ3v) is 5.86. The average molecular weight is 287 g/mol. The molecule has 110 valence electrons. The van der Waals surface area contributed by atoms with Gasteiger partial charge in [-0.25, -0.2) is 8.42 Å². The molecule has 0 radical (unpaired) electrons. The van der Waals surface area contributed by atoms with Crippen LogP contribution in [0.5, 0.6) is 0 Å². The molecule has 0 aliphatic heterocycles. The number of nitrogens with zero attached hydrogens (tertiary/aromatic N) is 1. The number of carbonyl (C=O) groups excluding carboxylic acids is 1. The monoisotopic (exact) mass is 287 g/mol. The van der Waals surface area contributed by atoms with Crippen LogP contribution in [0.3, 0.4) is 0 Å². The highest BCUT2D eigenvalue weighted by Crippen LogP contribution is 2.22. The van der Waals surface area contributed by atoms with Gasteiger partial charge in [0.05, 0.1) is 5.75 Å². The number of amides is 1. The first-order valence-electron chi connectivity index (χ1n) is 6.99. The third-order valence-electron chi connectivity index (χ3n) is 3.92. The van der Waals surface area contributed by atoms with Crippen molar-refractivity contribution < 1.29 is 13.2 Å². The number of carbonyl (C=O) groups is 1. The Labute approximate surface area is 116 Å². The maximum atomic E-state index is 12.3. The molecule has 1 fully saturated rings. The lowest BCUT2D eigenvalue weighted by molar-refractivity contribution is -0.131. The van der Waals surface area contributed by atoms with Gasteiger partial charge in [-0.1, -0.05) is 31.4 Å². The standard InChI is InChI=1S/C14H25NO3S/c1-4-5-11-19(17,18)12(2)14(16)15(3)13-9-7-6-8-10-13/h4-5,12-13H,6-11H2,1-3H3. The van der Waals surface area contributed by atoms with Crippen LogP contribution in [0, 0.1) is 0 Å². The summed E-state index contributed by atoms with van der Waals surface area (Å²) in [6.45, 7) is 3.27. The van der Waals surface area contributed by atoms with Crippen molar-refractivity contribution in [2.75, 3.05) is 12.8 Å². The van der Waals surface area contributed by atoms with Gasteiger partial charge in [0.1, 0.15) is 5.25 Å². The topological polar surface area (TPSA) is 54.5 Å². The SMILES string of the molecule is CC=CCS(=O)(=O)C(C)C(=O)N(C)C1CCCCC1. The van der Waals surface area contributed by atoms with E-state index in [0.717, 1.165) is 25.7 Å². The quantitative estimate of drug-likeness (QED) is 0.728. The summed E-state index contributed by atoms with van der Waals surface area (Å²) in [6.07, 6.45) is 8.73. The number of hydrogen-bond acceptors (Lipinski definition) is 3. The van der Waals surface area contributed by atoms with Crippen molar-refractivity contribution >= 4 is 15.7 Å². The first-order chi connectivity index (χ1) is 8.90. The van der Waals surface area contributed by atoms with Gasteiger partial charge in [0.15, 0.2) is 9.84 Å². The highest BCUT2D eigenvalue weighted by molar-refractivity contribution is 7.92. The third kappa shape index (κ3) is 4.34. The minimum atomic E-state index is -3.38. The minimum absolute atomic E-state index is 0.0606. The molecule has 0 aromatic rings. The fourth-order valence-corrected chi connectivity index (χ4v) is 3.69. The molecule has 1 atom stereocenters. The van der Waals surface area contributed by atoms with Crippen LogP contribution in [0.4, 0.5) is 0 Å². The zero-order valence-electron chi connectivity index (χ0n) is 12.1. The van der Waals surface area contributed by atoms with Gasteiger partial charge in [0.25, 0.3) is 0 Å². The predicted octanol–water partition coefficient (Wildman–Crippen LogP) is 2.16. The Bertz CT molecular complexity index is 422. The summed E-state index contributed by atoms with van der Waals surface area (Å²) in [7, 11) is -1.65. The van der Waals surface area contributed by atoms with Crippen LogP contribution >= 0.6 is 0 Å². The van der Waals surface area contributed by atoms with Gasteiger partial charge < -0.3 is 4.90 Å². The Kier molecular flexibility index (Phi) is 6.04. The van der Waals surface area contributed by atoms with Crippen LogP contribution in [0.15, 0.2) is 12.2 Å². The zero-order chi connectivity index (χ0) is 14.5. The Morgan fingerprint density at radius 1 is 1.32 bits per heavy atom. The number of hydrogen-bond donors (Lipinski definition) is 0. The van der Waals surface area contributed by atoms with Crippen LogP contribution in [0.2, 0.25) is 0 Å². The van der Waals surface area contributed by atoms with Gasteiger partial charge in [-0.05, 0) is 26.7 Å². The van der Waals surface area contributed by atoms with Gasteiger partial charge in [-0.15, -0.1) is 0 Å². The molecular formula is C14H25NO3S. The van der Waals surface area contributed by atoms with Crippen LogP contribution in [-0.4, -0.2) is 43.3 Å². The summed E-state index contributed by atoms with van der Waals surface area (Å²) in [4.78, 5) is 13.9. The molecular weight excluding hydrogens is 262 g/mol. The second-order valence-electron chi connectivity index (χ2n) is 5.28. The van der Waals surface area contributed by atoms with E-state index in [1.165, 1.54) is 13.3 Å². The van der Waals surface area contributed by atoms with Gasteiger partial charge >= 0.3 is 0 Å². The molecule has 0 N–H and O–H groups in total. The van der Waals surface area contributed by atoms with Crippen LogP contribution in [0.1, 0.15) is 46.0 Å². The van der Waals surface area contributed by atoms with E-state index in [2.05, 4.69) is 0 Å². The second kappa shape index (κ2) is 7.08. The summed E-state index contributed by atoms with van der Waals surface area (Å²) < 4.78 is 24.0. The highest BCUT2D eigenvalue weighted by Gasteiger charge is 2.32. The molecule has 19 heavy (non-hydrogen) atoms. The van der Waals surface area contributed by atoms with Crippen molar-refractivity contribution in [2.24, 2.45) is 0 Å². The van der Waals surface area contributed by atoms with Gasteiger partial charge in [-0.3, -0.25) is 4.79 Å². The van der Waals surface area contributed by atoms with Crippen molar-refractivity contribution in [1.82, 2.24) is 4.90 Å². The fraction of sp³-hybridized carbons (Fsp3) is 0.786. The zero-order valence-corrected chi connectivity index (χ0v) is 12.9. The normalized spacial score (nSPS) is 19.5. The molecule has 1 aliphatic carbocycles. The summed E-state index contributed by atoms with van der Waals surface area (Å²) in [6, 6.07) is 0.209. The maximum absolute atomic E-state index is 12.3. The van der Waals surface area contributed by atoms with E-state index in [-0.39, 0.29) is 17.7 Å². The van der Waals surface area contributed by atoms with Crippen LogP contribution < -0.4 is 0 Å². The average Bonchev–Trinajstić information content (AvgIpc) is 2.43. The molecule has 1 rings (SSSR count). The highest BCUT2D eigenvalue weighted by atomic mass is 32.2. The lowest BCUT2D eigenvalue weighted by atomic mass is 9.94. The number of allylic oxidation sites excluding steroid dienone is 1. The van der Waals surface area contributed by atoms with Gasteiger partial charge in [0.2, 0.25) is 5.91 Å². The van der Waals surface area contributed by atoms with Crippen molar-refractivity contribution in [1.29, 1.82) is 0 Å². The second-order valence-corrected chi connectivity index (χ2v) is 7.65. The number of rotatable bonds is 5. The summed E-state index contributed by atoms with van der Waals surface area (Å²) in [5.74, 6) is -0.328. The van der Waals surface area contributed by atoms with Gasteiger partial charge in [-0.2, -0.15) is 0 Å². The molecule has 1 unspecified atom stereocenters. The minimum Gasteiger partial charge on any atom is -0.342 e. The van der Waals surface area contributed by atoms with Crippen molar-refractivity contribution in [3.05, 3.63) is 12.2 Å². The molecule has 1 aliphatic rings. The predicted molar refractivity (Wildman–Crippen MR) is 77.7 cm³/mol. The molecule has 0 aromatic heterocycles. The molecule has 0 spiro atoms. The lowest BCUT2D eigenvalue weighted by Crippen LogP contribution is -2.45. The van der Waals surface area contributed by atoms with E-state index in [1.54, 1.807) is 31.0 Å². The summed E-state index contributed by atoms with van der Waals surface area (Å²) in [5.41, 5.74) is 0. The fourth-order valence-electron chi connectivity index (χ4n) is 2.46.